The van der Waals surface area contributed by atoms with E-state index in [-0.39, 0.29) is 0 Å². The van der Waals surface area contributed by atoms with Gasteiger partial charge in [0.15, 0.2) is 0 Å². The first-order valence-electron chi connectivity index (χ1n) is 6.97. The predicted octanol–water partition coefficient (Wildman–Crippen LogP) is 2.08. The minimum absolute atomic E-state index is 0.660. The number of ether oxygens (including phenoxy) is 1. The van der Waals surface area contributed by atoms with Crippen LogP contribution in [0.4, 0.5) is 0 Å². The van der Waals surface area contributed by atoms with Crippen molar-refractivity contribution in [1.82, 2.24) is 10.4 Å². The molecule has 0 spiro atoms. The molecule has 0 amide bonds. The molecule has 1 aliphatic heterocycles. The molecule has 0 unspecified atom stereocenters. The first kappa shape index (κ1) is 12.2. The van der Waals surface area contributed by atoms with E-state index in [9.17, 15) is 0 Å². The summed E-state index contributed by atoms with van der Waals surface area (Å²) < 4.78 is 5.36. The van der Waals surface area contributed by atoms with Gasteiger partial charge in [0, 0.05) is 19.1 Å². The number of hydrogen-bond acceptors (Lipinski definition) is 3. The fourth-order valence-corrected chi connectivity index (χ4v) is 2.97. The molecule has 1 aliphatic carbocycles. The van der Waals surface area contributed by atoms with Crippen LogP contribution in [0.5, 0.6) is 0 Å². The molecular weight excluding hydrogens is 224 g/mol. The van der Waals surface area contributed by atoms with Crippen LogP contribution in [0.25, 0.3) is 0 Å². The van der Waals surface area contributed by atoms with Gasteiger partial charge in [-0.1, -0.05) is 24.3 Å². The second-order valence-corrected chi connectivity index (χ2v) is 5.45. The topological polar surface area (TPSA) is 24.5 Å². The van der Waals surface area contributed by atoms with E-state index in [1.165, 1.54) is 24.0 Å². The Balaban J connectivity index is 1.49. The van der Waals surface area contributed by atoms with E-state index >= 15 is 0 Å². The number of hydrogen-bond donors (Lipinski definition) is 1. The van der Waals surface area contributed by atoms with Crippen molar-refractivity contribution in [3.63, 3.8) is 0 Å². The van der Waals surface area contributed by atoms with Gasteiger partial charge in [0.2, 0.25) is 0 Å². The zero-order valence-corrected chi connectivity index (χ0v) is 11.1. The summed E-state index contributed by atoms with van der Waals surface area (Å²) in [6.45, 7) is 5.98. The second-order valence-electron chi connectivity index (χ2n) is 5.45. The quantitative estimate of drug-likeness (QED) is 0.883. The van der Waals surface area contributed by atoms with Crippen LogP contribution in [0, 0.1) is 6.92 Å². The first-order valence-corrected chi connectivity index (χ1v) is 6.97. The lowest BCUT2D eigenvalue weighted by molar-refractivity contribution is -0.00622. The third-order valence-corrected chi connectivity index (χ3v) is 4.14. The van der Waals surface area contributed by atoms with Gasteiger partial charge in [-0.15, -0.1) is 0 Å². The minimum Gasteiger partial charge on any atom is -0.379 e. The number of rotatable bonds is 3. The molecule has 1 saturated carbocycles. The minimum atomic E-state index is 0.660. The SMILES string of the molecule is Cc1ccccc1C1CC(NN2CCOCC2)C1. The molecule has 1 heterocycles. The summed E-state index contributed by atoms with van der Waals surface area (Å²) in [6.07, 6.45) is 2.53. The average molecular weight is 246 g/mol. The molecule has 3 heteroatoms. The van der Waals surface area contributed by atoms with E-state index < -0.39 is 0 Å². The van der Waals surface area contributed by atoms with Crippen LogP contribution in [0.15, 0.2) is 24.3 Å². The van der Waals surface area contributed by atoms with Crippen molar-refractivity contribution in [3.8, 4) is 0 Å². The fourth-order valence-electron chi connectivity index (χ4n) is 2.97. The average Bonchev–Trinajstić information content (AvgIpc) is 2.36. The van der Waals surface area contributed by atoms with Crippen molar-refractivity contribution in [1.29, 1.82) is 0 Å². The highest BCUT2D eigenvalue weighted by Gasteiger charge is 2.32. The molecular formula is C15H22N2O. The first-order chi connectivity index (χ1) is 8.83. The lowest BCUT2D eigenvalue weighted by Gasteiger charge is -2.41. The van der Waals surface area contributed by atoms with Crippen LogP contribution in [-0.4, -0.2) is 37.4 Å². The van der Waals surface area contributed by atoms with E-state index in [1.54, 1.807) is 0 Å². The molecule has 18 heavy (non-hydrogen) atoms. The molecule has 3 rings (SSSR count). The van der Waals surface area contributed by atoms with Gasteiger partial charge in [0.1, 0.15) is 0 Å². The van der Waals surface area contributed by atoms with Crippen molar-refractivity contribution in [3.05, 3.63) is 35.4 Å². The van der Waals surface area contributed by atoms with Gasteiger partial charge in [-0.3, -0.25) is 5.43 Å². The Morgan fingerprint density at radius 1 is 1.17 bits per heavy atom. The van der Waals surface area contributed by atoms with Gasteiger partial charge < -0.3 is 4.74 Å². The summed E-state index contributed by atoms with van der Waals surface area (Å²) in [6, 6.07) is 9.45. The number of benzene rings is 1. The van der Waals surface area contributed by atoms with Crippen molar-refractivity contribution in [2.75, 3.05) is 26.3 Å². The zero-order valence-electron chi connectivity index (χ0n) is 11.1. The summed E-state index contributed by atoms with van der Waals surface area (Å²) in [7, 11) is 0. The Kier molecular flexibility index (Phi) is 3.64. The smallest absolute Gasteiger partial charge is 0.0608 e. The molecule has 1 aromatic rings. The third-order valence-electron chi connectivity index (χ3n) is 4.14. The summed E-state index contributed by atoms with van der Waals surface area (Å²) >= 11 is 0. The highest BCUT2D eigenvalue weighted by Crippen LogP contribution is 2.38. The standard InChI is InChI=1S/C15H22N2O/c1-12-4-2-3-5-15(12)13-10-14(11-13)16-17-6-8-18-9-7-17/h2-5,13-14,16H,6-11H2,1H3. The van der Waals surface area contributed by atoms with E-state index in [2.05, 4.69) is 41.6 Å². The number of nitrogens with zero attached hydrogens (tertiary/aromatic N) is 1. The lowest BCUT2D eigenvalue weighted by atomic mass is 9.75. The monoisotopic (exact) mass is 246 g/mol. The summed E-state index contributed by atoms with van der Waals surface area (Å²) in [5, 5.41) is 2.32. The van der Waals surface area contributed by atoms with Gasteiger partial charge in [-0.05, 0) is 36.8 Å². The molecule has 3 nitrogen and oxygen atoms in total. The zero-order chi connectivity index (χ0) is 12.4. The van der Waals surface area contributed by atoms with Crippen molar-refractivity contribution in [2.24, 2.45) is 0 Å². The largest absolute Gasteiger partial charge is 0.379 e. The Hall–Kier alpha value is -0.900. The van der Waals surface area contributed by atoms with Crippen LogP contribution < -0.4 is 5.43 Å². The number of hydrazine groups is 1. The van der Waals surface area contributed by atoms with Gasteiger partial charge in [0.25, 0.3) is 0 Å². The van der Waals surface area contributed by atoms with E-state index in [0.717, 1.165) is 32.2 Å². The second kappa shape index (κ2) is 5.39. The highest BCUT2D eigenvalue weighted by molar-refractivity contribution is 5.31. The van der Waals surface area contributed by atoms with Gasteiger partial charge in [-0.2, -0.15) is 0 Å². The number of morpholine rings is 1. The van der Waals surface area contributed by atoms with Gasteiger partial charge in [-0.25, -0.2) is 5.01 Å². The van der Waals surface area contributed by atoms with Crippen LogP contribution >= 0.6 is 0 Å². The normalized spacial score (nSPS) is 28.9. The molecule has 1 aromatic carbocycles. The maximum Gasteiger partial charge on any atom is 0.0608 e. The molecule has 0 aromatic heterocycles. The number of nitrogens with one attached hydrogen (secondary N) is 1. The lowest BCUT2D eigenvalue weighted by Crippen LogP contribution is -2.53. The Bertz CT molecular complexity index is 395. The van der Waals surface area contributed by atoms with Crippen molar-refractivity contribution >= 4 is 0 Å². The maximum absolute atomic E-state index is 5.36. The maximum atomic E-state index is 5.36. The summed E-state index contributed by atoms with van der Waals surface area (Å²) in [5.41, 5.74) is 6.60. The molecule has 0 atom stereocenters. The molecule has 2 fully saturated rings. The molecule has 2 aliphatic rings. The van der Waals surface area contributed by atoms with Gasteiger partial charge in [0.05, 0.1) is 13.2 Å². The van der Waals surface area contributed by atoms with Crippen LogP contribution in [0.1, 0.15) is 29.9 Å². The van der Waals surface area contributed by atoms with Crippen molar-refractivity contribution < 1.29 is 4.74 Å². The number of aryl methyl sites for hydroxylation is 1. The van der Waals surface area contributed by atoms with Crippen LogP contribution in [-0.2, 0) is 4.74 Å². The summed E-state index contributed by atoms with van der Waals surface area (Å²) in [4.78, 5) is 0. The Morgan fingerprint density at radius 2 is 1.89 bits per heavy atom. The molecule has 1 saturated heterocycles. The molecule has 0 radical (unpaired) electrons. The third kappa shape index (κ3) is 2.58. The van der Waals surface area contributed by atoms with E-state index in [1.807, 2.05) is 0 Å². The van der Waals surface area contributed by atoms with E-state index in [4.69, 9.17) is 4.74 Å². The Labute approximate surface area is 109 Å². The van der Waals surface area contributed by atoms with Crippen molar-refractivity contribution in [2.45, 2.75) is 31.7 Å². The molecule has 0 bridgehead atoms. The molecule has 1 N–H and O–H groups in total. The van der Waals surface area contributed by atoms with Crippen LogP contribution in [0.3, 0.4) is 0 Å². The molecule has 98 valence electrons. The predicted molar refractivity (Wildman–Crippen MR) is 72.5 cm³/mol. The van der Waals surface area contributed by atoms with E-state index in [0.29, 0.717) is 6.04 Å². The van der Waals surface area contributed by atoms with Crippen LogP contribution in [0.2, 0.25) is 0 Å². The summed E-state index contributed by atoms with van der Waals surface area (Å²) in [5.74, 6) is 0.754. The Morgan fingerprint density at radius 3 is 2.61 bits per heavy atom. The highest BCUT2D eigenvalue weighted by atomic mass is 16.5. The fraction of sp³-hybridized carbons (Fsp3) is 0.600. The van der Waals surface area contributed by atoms with Gasteiger partial charge >= 0.3 is 0 Å².